The van der Waals surface area contributed by atoms with Crippen LogP contribution in [0.3, 0.4) is 0 Å². The summed E-state index contributed by atoms with van der Waals surface area (Å²) >= 11 is 4.97. The van der Waals surface area contributed by atoms with Crippen LogP contribution in [0.4, 0.5) is 0 Å². The second kappa shape index (κ2) is 6.02. The van der Waals surface area contributed by atoms with Gasteiger partial charge in [-0.1, -0.05) is 0 Å². The van der Waals surface area contributed by atoms with Crippen molar-refractivity contribution in [3.63, 3.8) is 0 Å². The quantitative estimate of drug-likeness (QED) is 0.674. The molecule has 1 rings (SSSR count). The van der Waals surface area contributed by atoms with Gasteiger partial charge in [0.15, 0.2) is 5.11 Å². The fourth-order valence-corrected chi connectivity index (χ4v) is 1.32. The molecule has 0 aromatic carbocycles. The van der Waals surface area contributed by atoms with Gasteiger partial charge in [0.25, 0.3) is 0 Å². The van der Waals surface area contributed by atoms with Crippen LogP contribution < -0.4 is 10.6 Å². The summed E-state index contributed by atoms with van der Waals surface area (Å²) in [4.78, 5) is 14.7. The summed E-state index contributed by atoms with van der Waals surface area (Å²) in [5.74, 6) is -0.960. The number of nitrogens with one attached hydrogen (secondary N) is 2. The van der Waals surface area contributed by atoms with Crippen molar-refractivity contribution in [2.24, 2.45) is 0 Å². The molecule has 0 amide bonds. The first kappa shape index (κ1) is 12.4. The van der Waals surface area contributed by atoms with E-state index >= 15 is 0 Å². The normalized spacial score (nSPS) is 9.56. The number of carboxylic acids is 1. The van der Waals surface area contributed by atoms with Crippen molar-refractivity contribution in [2.45, 2.75) is 13.5 Å². The SMILES string of the molecule is CCNC(=S)NCc1cc(C(=O)O)ccn1. The van der Waals surface area contributed by atoms with Crippen molar-refractivity contribution in [1.29, 1.82) is 0 Å². The Morgan fingerprint density at radius 1 is 1.56 bits per heavy atom. The zero-order chi connectivity index (χ0) is 12.0. The maximum atomic E-state index is 10.7. The Hall–Kier alpha value is -1.69. The second-order valence-corrected chi connectivity index (χ2v) is 3.46. The molecule has 0 aliphatic rings. The van der Waals surface area contributed by atoms with Crippen LogP contribution >= 0.6 is 12.2 Å². The molecule has 0 bridgehead atoms. The number of carboxylic acid groups (broad SMARTS) is 1. The zero-order valence-electron chi connectivity index (χ0n) is 8.86. The van der Waals surface area contributed by atoms with E-state index < -0.39 is 5.97 Å². The molecule has 16 heavy (non-hydrogen) atoms. The number of hydrogen-bond donors (Lipinski definition) is 3. The van der Waals surface area contributed by atoms with E-state index in [9.17, 15) is 4.79 Å². The van der Waals surface area contributed by atoms with Crippen LogP contribution in [0.5, 0.6) is 0 Å². The van der Waals surface area contributed by atoms with Gasteiger partial charge in [-0.15, -0.1) is 0 Å². The molecule has 0 saturated heterocycles. The molecule has 0 radical (unpaired) electrons. The Balaban J connectivity index is 2.57. The first-order valence-corrected chi connectivity index (χ1v) is 5.24. The lowest BCUT2D eigenvalue weighted by atomic mass is 10.2. The Labute approximate surface area is 98.9 Å². The molecule has 3 N–H and O–H groups in total. The van der Waals surface area contributed by atoms with Gasteiger partial charge in [0.2, 0.25) is 0 Å². The summed E-state index contributed by atoms with van der Waals surface area (Å²) in [6.07, 6.45) is 1.47. The minimum atomic E-state index is -0.960. The molecule has 0 saturated carbocycles. The lowest BCUT2D eigenvalue weighted by Gasteiger charge is -2.08. The number of hydrogen-bond acceptors (Lipinski definition) is 3. The molecule has 0 spiro atoms. The molecule has 1 heterocycles. The minimum absolute atomic E-state index is 0.223. The van der Waals surface area contributed by atoms with Gasteiger partial charge in [0, 0.05) is 12.7 Å². The van der Waals surface area contributed by atoms with E-state index in [-0.39, 0.29) is 5.56 Å². The van der Waals surface area contributed by atoms with Crippen LogP contribution in [0.25, 0.3) is 0 Å². The van der Waals surface area contributed by atoms with Gasteiger partial charge in [-0.05, 0) is 31.3 Å². The lowest BCUT2D eigenvalue weighted by Crippen LogP contribution is -2.34. The van der Waals surface area contributed by atoms with Crippen LogP contribution in [0.15, 0.2) is 18.3 Å². The van der Waals surface area contributed by atoms with Gasteiger partial charge in [0.1, 0.15) is 0 Å². The second-order valence-electron chi connectivity index (χ2n) is 3.05. The predicted molar refractivity (Wildman–Crippen MR) is 64.3 cm³/mol. The van der Waals surface area contributed by atoms with E-state index in [0.29, 0.717) is 17.4 Å². The summed E-state index contributed by atoms with van der Waals surface area (Å²) < 4.78 is 0. The third-order valence-electron chi connectivity index (χ3n) is 1.83. The van der Waals surface area contributed by atoms with E-state index in [0.717, 1.165) is 6.54 Å². The predicted octanol–water partition coefficient (Wildman–Crippen LogP) is 0.764. The van der Waals surface area contributed by atoms with E-state index in [1.165, 1.54) is 18.3 Å². The molecular formula is C10H13N3O2S. The third-order valence-corrected chi connectivity index (χ3v) is 2.12. The van der Waals surface area contributed by atoms with Crippen molar-refractivity contribution in [3.05, 3.63) is 29.6 Å². The number of rotatable bonds is 4. The molecule has 0 unspecified atom stereocenters. The highest BCUT2D eigenvalue weighted by atomic mass is 32.1. The lowest BCUT2D eigenvalue weighted by molar-refractivity contribution is 0.0696. The molecule has 1 aromatic heterocycles. The Kier molecular flexibility index (Phi) is 4.65. The Morgan fingerprint density at radius 3 is 2.94 bits per heavy atom. The van der Waals surface area contributed by atoms with Crippen molar-refractivity contribution in [2.75, 3.05) is 6.54 Å². The van der Waals surface area contributed by atoms with Crippen molar-refractivity contribution in [1.82, 2.24) is 15.6 Å². The average Bonchev–Trinajstić information content (AvgIpc) is 2.27. The van der Waals surface area contributed by atoms with Gasteiger partial charge >= 0.3 is 5.97 Å². The molecule has 0 fully saturated rings. The average molecular weight is 239 g/mol. The number of aromatic carboxylic acids is 1. The van der Waals surface area contributed by atoms with Crippen molar-refractivity contribution >= 4 is 23.3 Å². The van der Waals surface area contributed by atoms with Crippen molar-refractivity contribution < 1.29 is 9.90 Å². The number of nitrogens with zero attached hydrogens (tertiary/aromatic N) is 1. The summed E-state index contributed by atoms with van der Waals surface area (Å²) in [6.45, 7) is 3.10. The van der Waals surface area contributed by atoms with Gasteiger partial charge in [-0.2, -0.15) is 0 Å². The van der Waals surface area contributed by atoms with Crippen molar-refractivity contribution in [3.8, 4) is 0 Å². The number of carbonyl (C=O) groups is 1. The van der Waals surface area contributed by atoms with Crippen LogP contribution in [0.2, 0.25) is 0 Å². The van der Waals surface area contributed by atoms with Gasteiger partial charge in [-0.3, -0.25) is 4.98 Å². The van der Waals surface area contributed by atoms with Crippen LogP contribution in [-0.4, -0.2) is 27.7 Å². The molecule has 1 aromatic rings. The highest BCUT2D eigenvalue weighted by Crippen LogP contribution is 2.01. The fraction of sp³-hybridized carbons (Fsp3) is 0.300. The number of thiocarbonyl (C=S) groups is 1. The molecule has 6 heteroatoms. The van der Waals surface area contributed by atoms with Crippen LogP contribution in [0.1, 0.15) is 23.0 Å². The van der Waals surface area contributed by atoms with Crippen LogP contribution in [0, 0.1) is 0 Å². The minimum Gasteiger partial charge on any atom is -0.478 e. The topological polar surface area (TPSA) is 74.2 Å². The highest BCUT2D eigenvalue weighted by molar-refractivity contribution is 7.80. The first-order chi connectivity index (χ1) is 7.63. The van der Waals surface area contributed by atoms with E-state index in [4.69, 9.17) is 17.3 Å². The summed E-state index contributed by atoms with van der Waals surface area (Å²) in [5, 5.41) is 15.2. The highest BCUT2D eigenvalue weighted by Gasteiger charge is 2.04. The smallest absolute Gasteiger partial charge is 0.335 e. The number of pyridine rings is 1. The van der Waals surface area contributed by atoms with E-state index in [1.807, 2.05) is 6.92 Å². The molecule has 86 valence electrons. The summed E-state index contributed by atoms with van der Waals surface area (Å²) in [6, 6.07) is 2.97. The number of aromatic nitrogens is 1. The molecule has 5 nitrogen and oxygen atoms in total. The molecule has 0 aliphatic carbocycles. The largest absolute Gasteiger partial charge is 0.478 e. The summed E-state index contributed by atoms with van der Waals surface area (Å²) in [5.41, 5.74) is 0.862. The molecular weight excluding hydrogens is 226 g/mol. The Bertz CT molecular complexity index is 395. The monoisotopic (exact) mass is 239 g/mol. The summed E-state index contributed by atoms with van der Waals surface area (Å²) in [7, 11) is 0. The first-order valence-electron chi connectivity index (χ1n) is 4.83. The Morgan fingerprint density at radius 2 is 2.31 bits per heavy atom. The van der Waals surface area contributed by atoms with E-state index in [2.05, 4.69) is 15.6 Å². The third kappa shape index (κ3) is 3.82. The zero-order valence-corrected chi connectivity index (χ0v) is 9.67. The standard InChI is InChI=1S/C10H13N3O2S/c1-2-11-10(16)13-6-8-5-7(9(14)15)3-4-12-8/h3-5H,2,6H2,1H3,(H,14,15)(H2,11,13,16). The van der Waals surface area contributed by atoms with E-state index in [1.54, 1.807) is 0 Å². The van der Waals surface area contributed by atoms with Gasteiger partial charge in [-0.25, -0.2) is 4.79 Å². The molecule has 0 atom stereocenters. The fourth-order valence-electron chi connectivity index (χ4n) is 1.10. The maximum absolute atomic E-state index is 10.7. The maximum Gasteiger partial charge on any atom is 0.335 e. The molecule has 0 aliphatic heterocycles. The van der Waals surface area contributed by atoms with Gasteiger partial charge in [0.05, 0.1) is 17.8 Å². The van der Waals surface area contributed by atoms with Gasteiger partial charge < -0.3 is 15.7 Å². The van der Waals surface area contributed by atoms with Crippen LogP contribution in [-0.2, 0) is 6.54 Å².